The van der Waals surface area contributed by atoms with Crippen molar-refractivity contribution in [2.45, 2.75) is 24.9 Å². The van der Waals surface area contributed by atoms with Crippen molar-refractivity contribution >= 4 is 18.0 Å². The van der Waals surface area contributed by atoms with E-state index in [1.54, 1.807) is 0 Å². The molecule has 1 heterocycles. The minimum absolute atomic E-state index is 0.123. The highest BCUT2D eigenvalue weighted by Gasteiger charge is 2.78. The van der Waals surface area contributed by atoms with Gasteiger partial charge in [-0.1, -0.05) is 0 Å². The molecule has 0 aromatic carbocycles. The molecule has 2 aliphatic carbocycles. The molecule has 2 saturated carbocycles. The molecule has 8 heteroatoms. The molecule has 5 atom stereocenters. The Morgan fingerprint density at radius 1 is 1.44 bits per heavy atom. The second-order valence-corrected chi connectivity index (χ2v) is 4.87. The number of aliphatic carboxylic acids is 1. The summed E-state index contributed by atoms with van der Waals surface area (Å²) in [7, 11) is 0. The maximum absolute atomic E-state index is 13.5. The molecule has 0 aromatic heterocycles. The SMILES string of the molecule is O=C(O)C1C2CCC3(C(=O)OC(F)N3C(=O)O)C21. The van der Waals surface area contributed by atoms with E-state index < -0.39 is 41.9 Å². The van der Waals surface area contributed by atoms with Crippen LogP contribution in [0.15, 0.2) is 0 Å². The van der Waals surface area contributed by atoms with Crippen molar-refractivity contribution in [3.05, 3.63) is 0 Å². The molecule has 98 valence electrons. The van der Waals surface area contributed by atoms with Gasteiger partial charge in [0.25, 0.3) is 0 Å². The van der Waals surface area contributed by atoms with Gasteiger partial charge < -0.3 is 14.9 Å². The molecule has 18 heavy (non-hydrogen) atoms. The van der Waals surface area contributed by atoms with Crippen LogP contribution in [0.25, 0.3) is 0 Å². The van der Waals surface area contributed by atoms with Crippen LogP contribution in [0.2, 0.25) is 0 Å². The molecular formula is C10H10FNO6. The van der Waals surface area contributed by atoms with E-state index in [-0.39, 0.29) is 12.3 Å². The Hall–Kier alpha value is -1.86. The largest absolute Gasteiger partial charge is 0.481 e. The van der Waals surface area contributed by atoms with E-state index in [1.807, 2.05) is 0 Å². The molecule has 5 unspecified atom stereocenters. The van der Waals surface area contributed by atoms with Crippen molar-refractivity contribution in [3.8, 4) is 0 Å². The Morgan fingerprint density at radius 3 is 2.61 bits per heavy atom. The first kappa shape index (κ1) is 11.2. The quantitative estimate of drug-likeness (QED) is 0.517. The molecular weight excluding hydrogens is 249 g/mol. The minimum Gasteiger partial charge on any atom is -0.481 e. The lowest BCUT2D eigenvalue weighted by molar-refractivity contribution is -0.151. The highest BCUT2D eigenvalue weighted by Crippen LogP contribution is 2.66. The number of cyclic esters (lactones) is 1. The van der Waals surface area contributed by atoms with Crippen molar-refractivity contribution in [2.75, 3.05) is 0 Å². The van der Waals surface area contributed by atoms with Gasteiger partial charge in [0.2, 0.25) is 0 Å². The van der Waals surface area contributed by atoms with Gasteiger partial charge in [-0.05, 0) is 18.8 Å². The van der Waals surface area contributed by atoms with Gasteiger partial charge in [-0.25, -0.2) is 14.5 Å². The van der Waals surface area contributed by atoms with E-state index in [0.717, 1.165) is 0 Å². The number of fused-ring (bicyclic) bond motifs is 2. The maximum atomic E-state index is 13.5. The molecule has 7 nitrogen and oxygen atoms in total. The first-order valence-corrected chi connectivity index (χ1v) is 5.51. The third-order valence-corrected chi connectivity index (χ3v) is 4.26. The second kappa shape index (κ2) is 3.12. The minimum atomic E-state index is -2.34. The molecule has 3 fully saturated rings. The number of ether oxygens (including phenoxy) is 1. The fourth-order valence-corrected chi connectivity index (χ4v) is 3.57. The van der Waals surface area contributed by atoms with Crippen LogP contribution >= 0.6 is 0 Å². The van der Waals surface area contributed by atoms with Crippen LogP contribution in [0.1, 0.15) is 12.8 Å². The third kappa shape index (κ3) is 1.05. The summed E-state index contributed by atoms with van der Waals surface area (Å²) in [6.45, 7) is -2.34. The van der Waals surface area contributed by atoms with Gasteiger partial charge >= 0.3 is 24.5 Å². The van der Waals surface area contributed by atoms with Crippen molar-refractivity contribution in [1.29, 1.82) is 0 Å². The third-order valence-electron chi connectivity index (χ3n) is 4.26. The number of hydrogen-bond donors (Lipinski definition) is 2. The molecule has 1 amide bonds. The molecule has 3 rings (SSSR count). The standard InChI is InChI=1S/C10H10FNO6/c11-8-12(9(16)17)10(7(15)18-8)2-1-3-4(5(3)10)6(13)14/h3-5,8H,1-2H2,(H,13,14)(H,16,17). The van der Waals surface area contributed by atoms with Gasteiger partial charge in [0.1, 0.15) is 0 Å². The molecule has 1 aliphatic heterocycles. The topological polar surface area (TPSA) is 104 Å². The number of carboxylic acid groups (broad SMARTS) is 2. The van der Waals surface area contributed by atoms with E-state index in [9.17, 15) is 18.8 Å². The van der Waals surface area contributed by atoms with Crippen LogP contribution in [-0.4, -0.2) is 45.2 Å². The van der Waals surface area contributed by atoms with Crippen molar-refractivity contribution in [3.63, 3.8) is 0 Å². The number of nitrogens with zero attached hydrogens (tertiary/aromatic N) is 1. The van der Waals surface area contributed by atoms with Crippen molar-refractivity contribution in [1.82, 2.24) is 4.90 Å². The summed E-state index contributed by atoms with van der Waals surface area (Å²) in [5, 5.41) is 18.0. The fraction of sp³-hybridized carbons (Fsp3) is 0.700. The Labute approximate surface area is 100 Å². The number of esters is 1. The Bertz CT molecular complexity index is 467. The van der Waals surface area contributed by atoms with E-state index in [1.165, 1.54) is 0 Å². The zero-order chi connectivity index (χ0) is 13.2. The summed E-state index contributed by atoms with van der Waals surface area (Å²) in [4.78, 5) is 34.1. The normalized spacial score (nSPS) is 44.9. The average molecular weight is 259 g/mol. The van der Waals surface area contributed by atoms with Crippen molar-refractivity contribution in [2.24, 2.45) is 17.8 Å². The van der Waals surface area contributed by atoms with Crippen LogP contribution in [0, 0.1) is 17.8 Å². The van der Waals surface area contributed by atoms with E-state index in [4.69, 9.17) is 10.2 Å². The van der Waals surface area contributed by atoms with Gasteiger partial charge in [0.15, 0.2) is 5.54 Å². The first-order valence-electron chi connectivity index (χ1n) is 5.51. The number of alkyl halides is 1. The molecule has 2 N–H and O–H groups in total. The molecule has 3 aliphatic rings. The smallest absolute Gasteiger partial charge is 0.413 e. The predicted octanol–water partition coefficient (Wildman–Crippen LogP) is 0.256. The Kier molecular flexibility index (Phi) is 1.95. The fourth-order valence-electron chi connectivity index (χ4n) is 3.57. The summed E-state index contributed by atoms with van der Waals surface area (Å²) in [5.41, 5.74) is -1.64. The first-order chi connectivity index (χ1) is 8.41. The number of carbonyl (C=O) groups excluding carboxylic acids is 1. The Morgan fingerprint density at radius 2 is 2.11 bits per heavy atom. The van der Waals surface area contributed by atoms with Gasteiger partial charge in [-0.3, -0.25) is 4.79 Å². The molecule has 0 bridgehead atoms. The van der Waals surface area contributed by atoms with Crippen LogP contribution in [0.3, 0.4) is 0 Å². The summed E-state index contributed by atoms with van der Waals surface area (Å²) >= 11 is 0. The van der Waals surface area contributed by atoms with Gasteiger partial charge in [-0.15, -0.1) is 0 Å². The van der Waals surface area contributed by atoms with E-state index >= 15 is 0 Å². The molecule has 1 saturated heterocycles. The second-order valence-electron chi connectivity index (χ2n) is 4.87. The number of halogens is 1. The predicted molar refractivity (Wildman–Crippen MR) is 50.9 cm³/mol. The van der Waals surface area contributed by atoms with Crippen LogP contribution < -0.4 is 0 Å². The van der Waals surface area contributed by atoms with Gasteiger partial charge in [-0.2, -0.15) is 4.39 Å². The number of hydrogen-bond acceptors (Lipinski definition) is 4. The van der Waals surface area contributed by atoms with E-state index in [0.29, 0.717) is 11.3 Å². The monoisotopic (exact) mass is 259 g/mol. The van der Waals surface area contributed by atoms with E-state index in [2.05, 4.69) is 4.74 Å². The molecule has 0 radical (unpaired) electrons. The number of carboxylic acids is 1. The zero-order valence-electron chi connectivity index (χ0n) is 9.08. The highest BCUT2D eigenvalue weighted by molar-refractivity contribution is 5.91. The van der Waals surface area contributed by atoms with Gasteiger partial charge in [0.05, 0.1) is 5.92 Å². The van der Waals surface area contributed by atoms with Crippen molar-refractivity contribution < 1.29 is 33.7 Å². The lowest BCUT2D eigenvalue weighted by Gasteiger charge is -2.30. The van der Waals surface area contributed by atoms with Crippen LogP contribution in [0.4, 0.5) is 9.18 Å². The number of carbonyl (C=O) groups is 3. The highest BCUT2D eigenvalue weighted by atomic mass is 19.1. The molecule has 0 aromatic rings. The zero-order valence-corrected chi connectivity index (χ0v) is 9.08. The summed E-state index contributed by atoms with van der Waals surface area (Å²) in [5.74, 6) is -3.75. The lowest BCUT2D eigenvalue weighted by atomic mass is 9.89. The summed E-state index contributed by atoms with van der Waals surface area (Å²) in [6, 6.07) is 0. The lowest BCUT2D eigenvalue weighted by Crippen LogP contribution is -2.53. The summed E-state index contributed by atoms with van der Waals surface area (Å²) < 4.78 is 17.8. The number of amides is 1. The summed E-state index contributed by atoms with van der Waals surface area (Å²) in [6.07, 6.45) is -1.09. The number of rotatable bonds is 1. The maximum Gasteiger partial charge on any atom is 0.413 e. The Balaban J connectivity index is 2.01. The van der Waals surface area contributed by atoms with Gasteiger partial charge in [0, 0.05) is 5.92 Å². The van der Waals surface area contributed by atoms with Crippen LogP contribution in [-0.2, 0) is 14.3 Å². The average Bonchev–Trinajstić information content (AvgIpc) is 2.79. The van der Waals surface area contributed by atoms with Crippen LogP contribution in [0.5, 0.6) is 0 Å². The molecule has 1 spiro atoms.